The van der Waals surface area contributed by atoms with E-state index in [9.17, 15) is 9.90 Å². The Hall–Kier alpha value is -0.410. The van der Waals surface area contributed by atoms with E-state index in [1.54, 1.807) is 13.8 Å². The molecule has 0 bridgehead atoms. The molecule has 1 N–H and O–H groups in total. The molecule has 0 aromatic rings. The van der Waals surface area contributed by atoms with E-state index in [4.69, 9.17) is 0 Å². The summed E-state index contributed by atoms with van der Waals surface area (Å²) in [7, 11) is 0. The van der Waals surface area contributed by atoms with Crippen LogP contribution in [0.2, 0.25) is 0 Å². The standard InChI is InChI=1S/C12H23NO2/c1-4-13(9-12(2,3)15)10-7-5-6-8-11(10)14/h10,15H,4-9H2,1-3H3. The summed E-state index contributed by atoms with van der Waals surface area (Å²) in [6.45, 7) is 7.06. The zero-order valence-electron chi connectivity index (χ0n) is 10.1. The molecule has 0 saturated heterocycles. The number of carbonyl (C=O) groups excluding carboxylic acids is 1. The molecule has 0 aliphatic heterocycles. The Labute approximate surface area is 92.5 Å². The minimum absolute atomic E-state index is 0.0511. The van der Waals surface area contributed by atoms with Crippen LogP contribution >= 0.6 is 0 Å². The summed E-state index contributed by atoms with van der Waals surface area (Å²) in [4.78, 5) is 13.9. The minimum atomic E-state index is -0.715. The van der Waals surface area contributed by atoms with Crippen LogP contribution in [0, 0.1) is 0 Å². The predicted molar refractivity (Wildman–Crippen MR) is 60.8 cm³/mol. The van der Waals surface area contributed by atoms with Gasteiger partial charge in [0.15, 0.2) is 0 Å². The second-order valence-electron chi connectivity index (χ2n) is 5.10. The predicted octanol–water partition coefficient (Wildman–Crippen LogP) is 1.59. The van der Waals surface area contributed by atoms with Crippen LogP contribution in [0.15, 0.2) is 0 Å². The Balaban J connectivity index is 2.60. The second-order valence-corrected chi connectivity index (χ2v) is 5.10. The highest BCUT2D eigenvalue weighted by atomic mass is 16.3. The lowest BCUT2D eigenvalue weighted by molar-refractivity contribution is -0.127. The molecule has 3 heteroatoms. The van der Waals surface area contributed by atoms with E-state index in [0.29, 0.717) is 18.7 Å². The summed E-state index contributed by atoms with van der Waals surface area (Å²) >= 11 is 0. The Bertz CT molecular complexity index is 220. The van der Waals surface area contributed by atoms with Gasteiger partial charge in [-0.1, -0.05) is 13.3 Å². The fraction of sp³-hybridized carbons (Fsp3) is 0.917. The topological polar surface area (TPSA) is 40.5 Å². The van der Waals surface area contributed by atoms with Gasteiger partial charge in [0.05, 0.1) is 11.6 Å². The highest BCUT2D eigenvalue weighted by Crippen LogP contribution is 2.21. The first-order valence-corrected chi connectivity index (χ1v) is 5.93. The molecule has 0 heterocycles. The fourth-order valence-electron chi connectivity index (χ4n) is 2.29. The molecule has 3 nitrogen and oxygen atoms in total. The maximum absolute atomic E-state index is 11.8. The van der Waals surface area contributed by atoms with E-state index in [-0.39, 0.29) is 6.04 Å². The molecule has 0 spiro atoms. The smallest absolute Gasteiger partial charge is 0.149 e. The van der Waals surface area contributed by atoms with Crippen LogP contribution in [0.25, 0.3) is 0 Å². The van der Waals surface area contributed by atoms with Crippen LogP contribution < -0.4 is 0 Å². The van der Waals surface area contributed by atoms with Gasteiger partial charge in [0, 0.05) is 13.0 Å². The van der Waals surface area contributed by atoms with Crippen LogP contribution in [0.1, 0.15) is 46.5 Å². The number of likely N-dealkylation sites (N-methyl/N-ethyl adjacent to an activating group) is 1. The van der Waals surface area contributed by atoms with Crippen molar-refractivity contribution in [2.75, 3.05) is 13.1 Å². The van der Waals surface area contributed by atoms with Gasteiger partial charge < -0.3 is 5.11 Å². The monoisotopic (exact) mass is 213 g/mol. The zero-order chi connectivity index (χ0) is 11.5. The SMILES string of the molecule is CCN(CC(C)(C)O)C1CCCCC1=O. The van der Waals surface area contributed by atoms with Gasteiger partial charge in [-0.25, -0.2) is 0 Å². The van der Waals surface area contributed by atoms with Gasteiger partial charge in [0.1, 0.15) is 5.78 Å². The van der Waals surface area contributed by atoms with Crippen LogP contribution in [-0.2, 0) is 4.79 Å². The summed E-state index contributed by atoms with van der Waals surface area (Å²) in [5.41, 5.74) is -0.715. The van der Waals surface area contributed by atoms with E-state index in [1.165, 1.54) is 0 Å². The molecule has 0 amide bonds. The van der Waals surface area contributed by atoms with Gasteiger partial charge in [-0.2, -0.15) is 0 Å². The van der Waals surface area contributed by atoms with Gasteiger partial charge in [-0.15, -0.1) is 0 Å². The maximum Gasteiger partial charge on any atom is 0.149 e. The lowest BCUT2D eigenvalue weighted by Crippen LogP contribution is -2.48. The summed E-state index contributed by atoms with van der Waals surface area (Å²) in [5.74, 6) is 0.354. The summed E-state index contributed by atoms with van der Waals surface area (Å²) in [5, 5.41) is 9.78. The molecule has 1 unspecified atom stereocenters. The van der Waals surface area contributed by atoms with Crippen molar-refractivity contribution in [3.63, 3.8) is 0 Å². The van der Waals surface area contributed by atoms with Gasteiger partial charge in [0.2, 0.25) is 0 Å². The Kier molecular flexibility index (Phi) is 4.29. The van der Waals surface area contributed by atoms with E-state index >= 15 is 0 Å². The van der Waals surface area contributed by atoms with Crippen LogP contribution in [0.3, 0.4) is 0 Å². The van der Waals surface area contributed by atoms with Crippen molar-refractivity contribution in [1.82, 2.24) is 4.90 Å². The first-order chi connectivity index (χ1) is 6.94. The van der Waals surface area contributed by atoms with E-state index in [1.807, 2.05) is 6.92 Å². The molecule has 1 aliphatic carbocycles. The van der Waals surface area contributed by atoms with Crippen molar-refractivity contribution < 1.29 is 9.90 Å². The first-order valence-electron chi connectivity index (χ1n) is 5.93. The number of hydrogen-bond donors (Lipinski definition) is 1. The molecule has 1 saturated carbocycles. The van der Waals surface area contributed by atoms with Gasteiger partial charge in [-0.05, 0) is 33.2 Å². The molecule has 0 aromatic carbocycles. The fourth-order valence-corrected chi connectivity index (χ4v) is 2.29. The van der Waals surface area contributed by atoms with Gasteiger partial charge >= 0.3 is 0 Å². The van der Waals surface area contributed by atoms with Crippen molar-refractivity contribution in [1.29, 1.82) is 0 Å². The minimum Gasteiger partial charge on any atom is -0.389 e. The normalized spacial score (nSPS) is 23.5. The zero-order valence-corrected chi connectivity index (χ0v) is 10.1. The number of carbonyl (C=O) groups is 1. The molecular formula is C12H23NO2. The Morgan fingerprint density at radius 1 is 1.47 bits per heavy atom. The average molecular weight is 213 g/mol. The van der Waals surface area contributed by atoms with Crippen LogP contribution in [-0.4, -0.2) is 40.5 Å². The van der Waals surface area contributed by atoms with Crippen molar-refractivity contribution >= 4 is 5.78 Å². The van der Waals surface area contributed by atoms with Crippen molar-refractivity contribution in [3.8, 4) is 0 Å². The number of ketones is 1. The Morgan fingerprint density at radius 3 is 2.60 bits per heavy atom. The van der Waals surface area contributed by atoms with Crippen molar-refractivity contribution in [3.05, 3.63) is 0 Å². The van der Waals surface area contributed by atoms with Gasteiger partial charge in [0.25, 0.3) is 0 Å². The number of Topliss-reactive ketones (excluding diaryl/α,β-unsaturated/α-hetero) is 1. The van der Waals surface area contributed by atoms with Crippen molar-refractivity contribution in [2.24, 2.45) is 0 Å². The number of aliphatic hydroxyl groups is 1. The average Bonchev–Trinajstić information content (AvgIpc) is 2.14. The highest BCUT2D eigenvalue weighted by molar-refractivity contribution is 5.84. The molecule has 15 heavy (non-hydrogen) atoms. The molecule has 88 valence electrons. The lowest BCUT2D eigenvalue weighted by Gasteiger charge is -2.35. The Morgan fingerprint density at radius 2 is 2.13 bits per heavy atom. The highest BCUT2D eigenvalue weighted by Gasteiger charge is 2.30. The third-order valence-corrected chi connectivity index (χ3v) is 2.96. The summed E-state index contributed by atoms with van der Waals surface area (Å²) < 4.78 is 0. The van der Waals surface area contributed by atoms with Crippen LogP contribution in [0.5, 0.6) is 0 Å². The van der Waals surface area contributed by atoms with Crippen LogP contribution in [0.4, 0.5) is 0 Å². The third-order valence-electron chi connectivity index (χ3n) is 2.96. The molecule has 1 aliphatic rings. The van der Waals surface area contributed by atoms with Gasteiger partial charge in [-0.3, -0.25) is 9.69 Å². The summed E-state index contributed by atoms with van der Waals surface area (Å²) in [6.07, 6.45) is 3.85. The molecule has 1 fully saturated rings. The van der Waals surface area contributed by atoms with Crippen molar-refractivity contribution in [2.45, 2.75) is 58.1 Å². The molecule has 0 radical (unpaired) electrons. The summed E-state index contributed by atoms with van der Waals surface area (Å²) in [6, 6.07) is 0.0511. The van der Waals surface area contributed by atoms with E-state index in [0.717, 1.165) is 25.8 Å². The largest absolute Gasteiger partial charge is 0.389 e. The number of nitrogens with zero attached hydrogens (tertiary/aromatic N) is 1. The quantitative estimate of drug-likeness (QED) is 0.771. The number of hydrogen-bond acceptors (Lipinski definition) is 3. The molecule has 1 atom stereocenters. The maximum atomic E-state index is 11.8. The molecular weight excluding hydrogens is 190 g/mol. The third kappa shape index (κ3) is 3.92. The molecule has 1 rings (SSSR count). The first kappa shape index (κ1) is 12.7. The van der Waals surface area contributed by atoms with E-state index in [2.05, 4.69) is 4.90 Å². The van der Waals surface area contributed by atoms with E-state index < -0.39 is 5.60 Å². The number of rotatable bonds is 4. The molecule has 0 aromatic heterocycles. The second kappa shape index (κ2) is 5.08. The lowest BCUT2D eigenvalue weighted by atomic mass is 9.92.